The Morgan fingerprint density at radius 3 is 1.92 bits per heavy atom. The smallest absolute Gasteiger partial charge is 0.0464 e. The molecule has 0 aromatic heterocycles. The monoisotopic (exact) mass is 335 g/mol. The Labute approximate surface area is 155 Å². The Kier molecular flexibility index (Phi) is 4.53. The Hall–Kier alpha value is -3.32. The summed E-state index contributed by atoms with van der Waals surface area (Å²) in [7, 11) is 0. The zero-order valence-corrected chi connectivity index (χ0v) is 14.8. The zero-order chi connectivity index (χ0) is 17.8. The van der Waals surface area contributed by atoms with Gasteiger partial charge in [-0.25, -0.2) is 0 Å². The van der Waals surface area contributed by atoms with Gasteiger partial charge in [0.1, 0.15) is 0 Å². The molecule has 4 rings (SSSR count). The van der Waals surface area contributed by atoms with Gasteiger partial charge in [0.2, 0.25) is 0 Å². The van der Waals surface area contributed by atoms with Crippen LogP contribution in [0.3, 0.4) is 0 Å². The van der Waals surface area contributed by atoms with Crippen LogP contribution in [0, 0.1) is 6.92 Å². The highest BCUT2D eigenvalue weighted by Crippen LogP contribution is 2.36. The number of anilines is 2. The Morgan fingerprint density at radius 2 is 1.19 bits per heavy atom. The van der Waals surface area contributed by atoms with Crippen molar-refractivity contribution in [1.29, 1.82) is 0 Å². The lowest BCUT2D eigenvalue weighted by molar-refractivity contribution is 1.45. The SMILES string of the molecule is Cc1ccccc1-c1cc(-c2ccccc2)ccc1Nc1ccccc1. The van der Waals surface area contributed by atoms with Crippen molar-refractivity contribution in [2.24, 2.45) is 0 Å². The van der Waals surface area contributed by atoms with Crippen molar-refractivity contribution in [2.75, 3.05) is 5.32 Å². The first-order valence-corrected chi connectivity index (χ1v) is 8.89. The van der Waals surface area contributed by atoms with Crippen LogP contribution in [-0.2, 0) is 0 Å². The predicted molar refractivity (Wildman–Crippen MR) is 112 cm³/mol. The van der Waals surface area contributed by atoms with E-state index in [9.17, 15) is 0 Å². The molecule has 0 bridgehead atoms. The van der Waals surface area contributed by atoms with Gasteiger partial charge in [0.05, 0.1) is 0 Å². The topological polar surface area (TPSA) is 12.0 Å². The van der Waals surface area contributed by atoms with E-state index < -0.39 is 0 Å². The number of hydrogen-bond donors (Lipinski definition) is 1. The van der Waals surface area contributed by atoms with E-state index in [1.807, 2.05) is 18.2 Å². The molecule has 0 saturated heterocycles. The highest BCUT2D eigenvalue weighted by Gasteiger charge is 2.10. The fourth-order valence-electron chi connectivity index (χ4n) is 3.24. The third kappa shape index (κ3) is 3.38. The molecule has 0 amide bonds. The van der Waals surface area contributed by atoms with Gasteiger partial charge >= 0.3 is 0 Å². The third-order valence-electron chi connectivity index (χ3n) is 4.61. The van der Waals surface area contributed by atoms with E-state index in [0.29, 0.717) is 0 Å². The van der Waals surface area contributed by atoms with E-state index in [1.54, 1.807) is 0 Å². The zero-order valence-electron chi connectivity index (χ0n) is 14.8. The van der Waals surface area contributed by atoms with E-state index in [1.165, 1.54) is 27.8 Å². The Balaban J connectivity index is 1.84. The molecule has 0 aliphatic heterocycles. The summed E-state index contributed by atoms with van der Waals surface area (Å²) in [5, 5.41) is 3.58. The molecule has 1 nitrogen and oxygen atoms in total. The lowest BCUT2D eigenvalue weighted by atomic mass is 9.94. The standard InChI is InChI=1S/C25H21N/c1-19-10-8-9-15-23(19)24-18-21(20-11-4-2-5-12-20)16-17-25(24)26-22-13-6-3-7-14-22/h2-18,26H,1H3. The van der Waals surface area contributed by atoms with Gasteiger partial charge in [-0.05, 0) is 53.4 Å². The van der Waals surface area contributed by atoms with Crippen molar-refractivity contribution >= 4 is 11.4 Å². The molecule has 0 saturated carbocycles. The van der Waals surface area contributed by atoms with Crippen LogP contribution in [0.1, 0.15) is 5.56 Å². The first-order valence-electron chi connectivity index (χ1n) is 8.89. The van der Waals surface area contributed by atoms with Crippen LogP contribution >= 0.6 is 0 Å². The van der Waals surface area contributed by atoms with Crippen LogP contribution in [0.5, 0.6) is 0 Å². The normalized spacial score (nSPS) is 10.5. The molecule has 0 heterocycles. The summed E-state index contributed by atoms with van der Waals surface area (Å²) in [5.74, 6) is 0. The minimum Gasteiger partial charge on any atom is -0.355 e. The van der Waals surface area contributed by atoms with E-state index in [2.05, 4.69) is 97.2 Å². The van der Waals surface area contributed by atoms with Crippen molar-refractivity contribution in [3.05, 3.63) is 109 Å². The number of rotatable bonds is 4. The van der Waals surface area contributed by atoms with Crippen molar-refractivity contribution in [1.82, 2.24) is 0 Å². The van der Waals surface area contributed by atoms with E-state index >= 15 is 0 Å². The minimum absolute atomic E-state index is 1.09. The molecule has 4 aromatic carbocycles. The molecular formula is C25H21N. The fourth-order valence-corrected chi connectivity index (χ4v) is 3.24. The summed E-state index contributed by atoms with van der Waals surface area (Å²) in [6.45, 7) is 2.16. The number of hydrogen-bond acceptors (Lipinski definition) is 1. The summed E-state index contributed by atoms with van der Waals surface area (Å²) in [6, 6.07) is 36.0. The van der Waals surface area contributed by atoms with Crippen molar-refractivity contribution in [3.8, 4) is 22.3 Å². The van der Waals surface area contributed by atoms with Crippen LogP contribution in [-0.4, -0.2) is 0 Å². The maximum absolute atomic E-state index is 3.58. The lowest BCUT2D eigenvalue weighted by Crippen LogP contribution is -1.95. The molecule has 26 heavy (non-hydrogen) atoms. The minimum atomic E-state index is 1.09. The van der Waals surface area contributed by atoms with Crippen molar-refractivity contribution in [3.63, 3.8) is 0 Å². The first-order chi connectivity index (χ1) is 12.8. The molecule has 0 aliphatic carbocycles. The van der Waals surface area contributed by atoms with Gasteiger partial charge < -0.3 is 5.32 Å². The first kappa shape index (κ1) is 16.2. The molecule has 0 spiro atoms. The van der Waals surface area contributed by atoms with Crippen LogP contribution in [0.2, 0.25) is 0 Å². The van der Waals surface area contributed by atoms with Crippen LogP contribution in [0.25, 0.3) is 22.3 Å². The second kappa shape index (κ2) is 7.28. The molecule has 4 aromatic rings. The second-order valence-electron chi connectivity index (χ2n) is 6.43. The summed E-state index contributed by atoms with van der Waals surface area (Å²) in [4.78, 5) is 0. The van der Waals surface area contributed by atoms with Crippen molar-refractivity contribution < 1.29 is 0 Å². The quantitative estimate of drug-likeness (QED) is 0.420. The van der Waals surface area contributed by atoms with E-state index in [-0.39, 0.29) is 0 Å². The van der Waals surface area contributed by atoms with Crippen LogP contribution in [0.4, 0.5) is 11.4 Å². The number of benzene rings is 4. The molecule has 0 aliphatic rings. The molecule has 1 N–H and O–H groups in total. The van der Waals surface area contributed by atoms with Crippen LogP contribution < -0.4 is 5.32 Å². The lowest BCUT2D eigenvalue weighted by Gasteiger charge is -2.16. The Bertz CT molecular complexity index is 1000. The highest BCUT2D eigenvalue weighted by atomic mass is 14.9. The molecule has 0 radical (unpaired) electrons. The number of aryl methyl sites for hydroxylation is 1. The van der Waals surface area contributed by atoms with Crippen LogP contribution in [0.15, 0.2) is 103 Å². The molecule has 0 fully saturated rings. The summed E-state index contributed by atoms with van der Waals surface area (Å²) >= 11 is 0. The highest BCUT2D eigenvalue weighted by molar-refractivity contribution is 5.86. The average Bonchev–Trinajstić information content (AvgIpc) is 2.70. The maximum atomic E-state index is 3.58. The largest absolute Gasteiger partial charge is 0.355 e. The molecule has 126 valence electrons. The Morgan fingerprint density at radius 1 is 0.538 bits per heavy atom. The predicted octanol–water partition coefficient (Wildman–Crippen LogP) is 7.07. The van der Waals surface area contributed by atoms with Gasteiger partial charge in [-0.3, -0.25) is 0 Å². The summed E-state index contributed by atoms with van der Waals surface area (Å²) in [5.41, 5.74) is 8.40. The van der Waals surface area contributed by atoms with Gasteiger partial charge in [-0.1, -0.05) is 78.9 Å². The van der Waals surface area contributed by atoms with Gasteiger partial charge in [0.15, 0.2) is 0 Å². The van der Waals surface area contributed by atoms with E-state index in [0.717, 1.165) is 11.4 Å². The van der Waals surface area contributed by atoms with E-state index in [4.69, 9.17) is 0 Å². The molecule has 1 heteroatoms. The van der Waals surface area contributed by atoms with Gasteiger partial charge in [-0.15, -0.1) is 0 Å². The average molecular weight is 335 g/mol. The third-order valence-corrected chi connectivity index (χ3v) is 4.61. The summed E-state index contributed by atoms with van der Waals surface area (Å²) in [6.07, 6.45) is 0. The molecule has 0 atom stereocenters. The number of nitrogens with one attached hydrogen (secondary N) is 1. The van der Waals surface area contributed by atoms with Gasteiger partial charge in [0.25, 0.3) is 0 Å². The number of para-hydroxylation sites is 1. The molecule has 0 unspecified atom stereocenters. The van der Waals surface area contributed by atoms with Gasteiger partial charge in [0, 0.05) is 16.9 Å². The van der Waals surface area contributed by atoms with Gasteiger partial charge in [-0.2, -0.15) is 0 Å². The van der Waals surface area contributed by atoms with Crippen molar-refractivity contribution in [2.45, 2.75) is 6.92 Å². The molecular weight excluding hydrogens is 314 g/mol. The summed E-state index contributed by atoms with van der Waals surface area (Å²) < 4.78 is 0. The fraction of sp³-hybridized carbons (Fsp3) is 0.0400. The maximum Gasteiger partial charge on any atom is 0.0464 e. The second-order valence-corrected chi connectivity index (χ2v) is 6.43.